The van der Waals surface area contributed by atoms with Gasteiger partial charge in [0.2, 0.25) is 0 Å². The molecule has 1 heterocycles. The number of carbonyl (C=O) groups is 1. The van der Waals surface area contributed by atoms with Crippen LogP contribution in [0, 0.1) is 5.92 Å². The highest BCUT2D eigenvalue weighted by Crippen LogP contribution is 2.34. The first-order valence-corrected chi connectivity index (χ1v) is 7.12. The van der Waals surface area contributed by atoms with E-state index in [1.165, 1.54) is 18.4 Å². The topological polar surface area (TPSA) is 20.3 Å². The molecule has 1 aromatic carbocycles. The smallest absolute Gasteiger partial charge is 0.134 e. The largest absolute Gasteiger partial charge is 0.300 e. The average Bonchev–Trinajstić information content (AvgIpc) is 2.41. The average molecular weight is 243 g/mol. The second-order valence-corrected chi connectivity index (χ2v) is 5.71. The van der Waals surface area contributed by atoms with Crippen molar-refractivity contribution in [2.75, 3.05) is 6.54 Å². The fraction of sp³-hybridized carbons (Fsp3) is 0.562. The van der Waals surface area contributed by atoms with E-state index in [9.17, 15) is 4.79 Å². The third-order valence-corrected chi connectivity index (χ3v) is 4.49. The number of hydrogen-bond donors (Lipinski definition) is 0. The van der Waals surface area contributed by atoms with Gasteiger partial charge in [-0.3, -0.25) is 9.69 Å². The van der Waals surface area contributed by atoms with E-state index >= 15 is 0 Å². The van der Waals surface area contributed by atoms with Crippen molar-refractivity contribution in [3.63, 3.8) is 0 Å². The highest BCUT2D eigenvalue weighted by atomic mass is 16.1. The quantitative estimate of drug-likeness (QED) is 0.796. The number of benzene rings is 1. The van der Waals surface area contributed by atoms with Crippen molar-refractivity contribution in [1.82, 2.24) is 4.90 Å². The van der Waals surface area contributed by atoms with Crippen molar-refractivity contribution in [3.05, 3.63) is 35.9 Å². The molecule has 1 aliphatic heterocycles. The Morgan fingerprint density at radius 1 is 1.17 bits per heavy atom. The normalized spacial score (nSPS) is 29.0. The summed E-state index contributed by atoms with van der Waals surface area (Å²) in [6.07, 6.45) is 5.35. The molecule has 0 amide bonds. The third-order valence-electron chi connectivity index (χ3n) is 4.49. The molecule has 1 aromatic rings. The van der Waals surface area contributed by atoms with Gasteiger partial charge < -0.3 is 0 Å². The lowest BCUT2D eigenvalue weighted by atomic mass is 9.77. The van der Waals surface area contributed by atoms with Gasteiger partial charge in [0.15, 0.2) is 0 Å². The molecule has 2 heteroatoms. The molecule has 1 saturated carbocycles. The van der Waals surface area contributed by atoms with Gasteiger partial charge >= 0.3 is 0 Å². The predicted octanol–water partition coefficient (Wildman–Crippen LogP) is 3.02. The zero-order valence-electron chi connectivity index (χ0n) is 10.8. The molecular weight excluding hydrogens is 222 g/mol. The van der Waals surface area contributed by atoms with Gasteiger partial charge in [-0.15, -0.1) is 0 Å². The molecule has 2 fully saturated rings. The molecule has 0 aromatic heterocycles. The third kappa shape index (κ3) is 2.49. The molecule has 2 aliphatic rings. The predicted molar refractivity (Wildman–Crippen MR) is 72.2 cm³/mol. The molecular formula is C16H21NO. The minimum Gasteiger partial charge on any atom is -0.300 e. The van der Waals surface area contributed by atoms with E-state index in [0.29, 0.717) is 11.8 Å². The summed E-state index contributed by atoms with van der Waals surface area (Å²) in [5.74, 6) is 1.23. The second-order valence-electron chi connectivity index (χ2n) is 5.71. The van der Waals surface area contributed by atoms with Crippen molar-refractivity contribution in [3.8, 4) is 0 Å². The Hall–Kier alpha value is -1.15. The lowest BCUT2D eigenvalue weighted by molar-refractivity contribution is -0.124. The van der Waals surface area contributed by atoms with E-state index in [4.69, 9.17) is 0 Å². The van der Waals surface area contributed by atoms with Gasteiger partial charge in [0.1, 0.15) is 5.78 Å². The Labute approximate surface area is 109 Å². The number of carbonyl (C=O) groups excluding carboxylic acids is 1. The van der Waals surface area contributed by atoms with Crippen LogP contribution in [0.2, 0.25) is 0 Å². The van der Waals surface area contributed by atoms with Gasteiger partial charge in [-0.1, -0.05) is 30.3 Å². The number of ketones is 1. The van der Waals surface area contributed by atoms with Gasteiger partial charge in [0.25, 0.3) is 0 Å². The number of Topliss-reactive ketones (excluding diaryl/α,β-unsaturated/α-hetero) is 1. The molecule has 18 heavy (non-hydrogen) atoms. The zero-order valence-corrected chi connectivity index (χ0v) is 10.8. The molecule has 3 rings (SSSR count). The number of nitrogens with zero attached hydrogens (tertiary/aromatic N) is 1. The first-order chi connectivity index (χ1) is 8.83. The first kappa shape index (κ1) is 11.9. The van der Waals surface area contributed by atoms with E-state index in [1.807, 2.05) is 0 Å². The molecule has 2 atom stereocenters. The van der Waals surface area contributed by atoms with E-state index in [-0.39, 0.29) is 0 Å². The fourth-order valence-corrected chi connectivity index (χ4v) is 3.54. The number of likely N-dealkylation sites (tertiary alicyclic amines) is 1. The van der Waals surface area contributed by atoms with Crippen molar-refractivity contribution in [2.45, 2.75) is 44.7 Å². The molecule has 1 aliphatic carbocycles. The SMILES string of the molecule is O=C1CC[C@H]2CCCN(Cc3ccccc3)[C@@H]2C1. The zero-order chi connectivity index (χ0) is 12.4. The summed E-state index contributed by atoms with van der Waals surface area (Å²) in [5.41, 5.74) is 1.37. The molecule has 1 saturated heterocycles. The molecule has 0 bridgehead atoms. The van der Waals surface area contributed by atoms with E-state index < -0.39 is 0 Å². The fourth-order valence-electron chi connectivity index (χ4n) is 3.54. The summed E-state index contributed by atoms with van der Waals surface area (Å²) in [5, 5.41) is 0. The van der Waals surface area contributed by atoms with Crippen LogP contribution in [0.1, 0.15) is 37.7 Å². The highest BCUT2D eigenvalue weighted by molar-refractivity contribution is 5.79. The van der Waals surface area contributed by atoms with Gasteiger partial charge in [-0.2, -0.15) is 0 Å². The van der Waals surface area contributed by atoms with Crippen LogP contribution in [-0.4, -0.2) is 23.3 Å². The van der Waals surface area contributed by atoms with Crippen LogP contribution in [0.3, 0.4) is 0 Å². The summed E-state index contributed by atoms with van der Waals surface area (Å²) in [4.78, 5) is 14.2. The van der Waals surface area contributed by atoms with E-state index in [0.717, 1.165) is 38.3 Å². The highest BCUT2D eigenvalue weighted by Gasteiger charge is 2.35. The van der Waals surface area contributed by atoms with Crippen molar-refractivity contribution < 1.29 is 4.79 Å². The van der Waals surface area contributed by atoms with Crippen LogP contribution in [0.15, 0.2) is 30.3 Å². The van der Waals surface area contributed by atoms with Gasteiger partial charge in [0, 0.05) is 25.4 Å². The Kier molecular flexibility index (Phi) is 3.46. The van der Waals surface area contributed by atoms with Crippen LogP contribution in [0.4, 0.5) is 0 Å². The maximum Gasteiger partial charge on any atom is 0.134 e. The molecule has 0 N–H and O–H groups in total. The molecule has 96 valence electrons. The number of piperidine rings is 1. The van der Waals surface area contributed by atoms with Crippen molar-refractivity contribution in [2.24, 2.45) is 5.92 Å². The number of hydrogen-bond acceptors (Lipinski definition) is 2. The Morgan fingerprint density at radius 3 is 2.83 bits per heavy atom. The number of rotatable bonds is 2. The van der Waals surface area contributed by atoms with Crippen LogP contribution < -0.4 is 0 Å². The molecule has 0 spiro atoms. The van der Waals surface area contributed by atoms with Crippen LogP contribution in [-0.2, 0) is 11.3 Å². The molecule has 2 nitrogen and oxygen atoms in total. The maximum atomic E-state index is 11.7. The van der Waals surface area contributed by atoms with Crippen molar-refractivity contribution >= 4 is 5.78 Å². The Bertz CT molecular complexity index is 414. The van der Waals surface area contributed by atoms with E-state index in [1.54, 1.807) is 0 Å². The minimum absolute atomic E-state index is 0.469. The number of fused-ring (bicyclic) bond motifs is 1. The molecule has 0 radical (unpaired) electrons. The van der Waals surface area contributed by atoms with Crippen LogP contribution in [0.25, 0.3) is 0 Å². The lowest BCUT2D eigenvalue weighted by Crippen LogP contribution is -2.48. The summed E-state index contributed by atoms with van der Waals surface area (Å²) in [6.45, 7) is 2.17. The van der Waals surface area contributed by atoms with Crippen LogP contribution in [0.5, 0.6) is 0 Å². The van der Waals surface area contributed by atoms with Gasteiger partial charge in [-0.05, 0) is 37.3 Å². The minimum atomic E-state index is 0.469. The molecule has 0 unspecified atom stereocenters. The Morgan fingerprint density at radius 2 is 2.00 bits per heavy atom. The van der Waals surface area contributed by atoms with E-state index in [2.05, 4.69) is 35.2 Å². The first-order valence-electron chi connectivity index (χ1n) is 7.12. The monoisotopic (exact) mass is 243 g/mol. The summed E-state index contributed by atoms with van der Waals surface area (Å²) in [6, 6.07) is 11.2. The lowest BCUT2D eigenvalue weighted by Gasteiger charge is -2.43. The second kappa shape index (κ2) is 5.23. The Balaban J connectivity index is 1.72. The van der Waals surface area contributed by atoms with Gasteiger partial charge in [0.05, 0.1) is 0 Å². The van der Waals surface area contributed by atoms with Gasteiger partial charge in [-0.25, -0.2) is 0 Å². The maximum absolute atomic E-state index is 11.7. The van der Waals surface area contributed by atoms with Crippen LogP contribution >= 0.6 is 0 Å². The standard InChI is InChI=1S/C16H21NO/c18-15-9-8-14-7-4-10-17(16(14)11-15)12-13-5-2-1-3-6-13/h1-3,5-6,14,16H,4,7-12H2/t14-,16-/m1/s1. The van der Waals surface area contributed by atoms with Crippen molar-refractivity contribution in [1.29, 1.82) is 0 Å². The summed E-state index contributed by atoms with van der Waals surface area (Å²) < 4.78 is 0. The summed E-state index contributed by atoms with van der Waals surface area (Å²) >= 11 is 0. The summed E-state index contributed by atoms with van der Waals surface area (Å²) in [7, 11) is 0.